The van der Waals surface area contributed by atoms with Crippen LogP contribution in [-0.4, -0.2) is 22.8 Å². The van der Waals surface area contributed by atoms with Gasteiger partial charge in [-0.15, -0.1) is 0 Å². The van der Waals surface area contributed by atoms with Crippen LogP contribution in [0.4, 0.5) is 16.2 Å². The van der Waals surface area contributed by atoms with Crippen LogP contribution in [0.1, 0.15) is 16.7 Å². The molecule has 194 valence electrons. The van der Waals surface area contributed by atoms with E-state index in [0.29, 0.717) is 32.8 Å². The van der Waals surface area contributed by atoms with E-state index in [1.165, 1.54) is 18.2 Å². The summed E-state index contributed by atoms with van der Waals surface area (Å²) in [6.45, 7) is 1.67. The van der Waals surface area contributed by atoms with Gasteiger partial charge in [0.1, 0.15) is 17.9 Å². The van der Waals surface area contributed by atoms with Gasteiger partial charge < -0.3 is 4.74 Å². The molecule has 5 rings (SSSR count). The van der Waals surface area contributed by atoms with Gasteiger partial charge in [-0.05, 0) is 53.1 Å². The minimum atomic E-state index is -0.882. The number of benzene rings is 4. The molecule has 39 heavy (non-hydrogen) atoms. The SMILES string of the molecule is Cc1c(Cl)cccc1N1C(=O)NC(=O)/C(=C\c2c(OCc3cccc([N+](=O)[O-])c3)ccc3ccccc23)C1=O. The van der Waals surface area contributed by atoms with E-state index in [0.717, 1.165) is 10.3 Å². The molecule has 1 heterocycles. The molecule has 1 aliphatic heterocycles. The van der Waals surface area contributed by atoms with E-state index in [2.05, 4.69) is 5.32 Å². The molecule has 1 aliphatic rings. The van der Waals surface area contributed by atoms with Crippen molar-refractivity contribution >= 4 is 57.7 Å². The predicted octanol–water partition coefficient (Wildman–Crippen LogP) is 5.96. The number of ether oxygens (including phenoxy) is 1. The maximum absolute atomic E-state index is 13.6. The number of urea groups is 1. The maximum atomic E-state index is 13.6. The lowest BCUT2D eigenvalue weighted by Gasteiger charge is -2.28. The summed E-state index contributed by atoms with van der Waals surface area (Å²) in [5, 5.41) is 15.3. The van der Waals surface area contributed by atoms with Crippen molar-refractivity contribution in [1.29, 1.82) is 0 Å². The second kappa shape index (κ2) is 10.4. The van der Waals surface area contributed by atoms with Gasteiger partial charge in [0, 0.05) is 22.7 Å². The molecule has 9 nitrogen and oxygen atoms in total. The molecule has 0 aromatic heterocycles. The summed E-state index contributed by atoms with van der Waals surface area (Å²) in [6.07, 6.45) is 1.39. The van der Waals surface area contributed by atoms with Crippen molar-refractivity contribution in [2.45, 2.75) is 13.5 Å². The number of barbiturate groups is 1. The highest BCUT2D eigenvalue weighted by atomic mass is 35.5. The van der Waals surface area contributed by atoms with Crippen LogP contribution in [0.3, 0.4) is 0 Å². The number of anilines is 1. The average Bonchev–Trinajstić information content (AvgIpc) is 2.92. The van der Waals surface area contributed by atoms with E-state index in [1.54, 1.807) is 43.3 Å². The maximum Gasteiger partial charge on any atom is 0.335 e. The van der Waals surface area contributed by atoms with Gasteiger partial charge in [-0.25, -0.2) is 9.69 Å². The lowest BCUT2D eigenvalue weighted by atomic mass is 9.99. The number of imide groups is 2. The number of nitrogens with one attached hydrogen (secondary N) is 1. The van der Waals surface area contributed by atoms with Gasteiger partial charge in [-0.3, -0.25) is 25.0 Å². The predicted molar refractivity (Wildman–Crippen MR) is 147 cm³/mol. The number of carbonyl (C=O) groups is 3. The highest BCUT2D eigenvalue weighted by Crippen LogP contribution is 2.34. The number of nitro groups is 1. The quantitative estimate of drug-likeness (QED) is 0.139. The summed E-state index contributed by atoms with van der Waals surface area (Å²) in [5.41, 5.74) is 1.42. The fourth-order valence-electron chi connectivity index (χ4n) is 4.33. The number of rotatable bonds is 6. The number of hydrogen-bond donors (Lipinski definition) is 1. The van der Waals surface area contributed by atoms with Crippen molar-refractivity contribution in [3.63, 3.8) is 0 Å². The largest absolute Gasteiger partial charge is 0.488 e. The number of halogens is 1. The Morgan fingerprint density at radius 2 is 1.77 bits per heavy atom. The van der Waals surface area contributed by atoms with Crippen LogP contribution < -0.4 is 15.0 Å². The molecular weight excluding hydrogens is 522 g/mol. The molecule has 1 N–H and O–H groups in total. The Hall–Kier alpha value is -5.02. The number of non-ortho nitro benzene ring substituents is 1. The second-order valence-corrected chi connectivity index (χ2v) is 9.16. The van der Waals surface area contributed by atoms with Gasteiger partial charge >= 0.3 is 6.03 Å². The monoisotopic (exact) mass is 541 g/mol. The average molecular weight is 542 g/mol. The number of amides is 4. The Kier molecular flexibility index (Phi) is 6.83. The minimum Gasteiger partial charge on any atom is -0.488 e. The third kappa shape index (κ3) is 4.95. The first-order valence-electron chi connectivity index (χ1n) is 11.8. The van der Waals surface area contributed by atoms with E-state index in [4.69, 9.17) is 16.3 Å². The van der Waals surface area contributed by atoms with Crippen molar-refractivity contribution in [2.75, 3.05) is 4.90 Å². The second-order valence-electron chi connectivity index (χ2n) is 8.76. The van der Waals surface area contributed by atoms with Crippen molar-refractivity contribution in [1.82, 2.24) is 5.32 Å². The zero-order valence-corrected chi connectivity index (χ0v) is 21.3. The van der Waals surface area contributed by atoms with Gasteiger partial charge in [0.2, 0.25) is 0 Å². The van der Waals surface area contributed by atoms with E-state index in [1.807, 2.05) is 30.3 Å². The Labute approximate surface area is 227 Å². The summed E-state index contributed by atoms with van der Waals surface area (Å²) in [4.78, 5) is 50.7. The van der Waals surface area contributed by atoms with Crippen molar-refractivity contribution < 1.29 is 24.0 Å². The molecule has 0 atom stereocenters. The molecule has 4 aromatic rings. The van der Waals surface area contributed by atoms with Crippen LogP contribution in [0.15, 0.2) is 84.4 Å². The molecule has 10 heteroatoms. The molecule has 4 amide bonds. The number of fused-ring (bicyclic) bond motifs is 1. The van der Waals surface area contributed by atoms with Gasteiger partial charge in [0.25, 0.3) is 17.5 Å². The number of carbonyl (C=O) groups excluding carboxylic acids is 3. The van der Waals surface area contributed by atoms with Gasteiger partial charge in [0.05, 0.1) is 10.6 Å². The first kappa shape index (κ1) is 25.6. The first-order chi connectivity index (χ1) is 18.7. The van der Waals surface area contributed by atoms with Gasteiger partial charge in [-0.1, -0.05) is 60.1 Å². The molecular formula is C29H20ClN3O6. The zero-order chi connectivity index (χ0) is 27.7. The number of hydrogen-bond acceptors (Lipinski definition) is 6. The number of nitrogens with zero attached hydrogens (tertiary/aromatic N) is 2. The van der Waals surface area contributed by atoms with E-state index in [-0.39, 0.29) is 23.6 Å². The standard InChI is InChI=1S/C29H20ClN3O6/c1-17-24(30)10-5-11-25(17)32-28(35)23(27(34)31-29(32)36)15-22-21-9-3-2-7-19(21)12-13-26(22)39-16-18-6-4-8-20(14-18)33(37)38/h2-15H,16H2,1H3,(H,31,34,36)/b23-15+. The molecule has 0 bridgehead atoms. The van der Waals surface area contributed by atoms with Gasteiger partial charge in [-0.2, -0.15) is 0 Å². The van der Waals surface area contributed by atoms with Crippen LogP contribution >= 0.6 is 11.6 Å². The summed E-state index contributed by atoms with van der Waals surface area (Å²) in [7, 11) is 0. The third-order valence-electron chi connectivity index (χ3n) is 6.32. The molecule has 0 radical (unpaired) electrons. The molecule has 0 saturated carbocycles. The van der Waals surface area contributed by atoms with Crippen LogP contribution in [0.2, 0.25) is 5.02 Å². The van der Waals surface area contributed by atoms with Crippen LogP contribution in [0.5, 0.6) is 5.75 Å². The molecule has 4 aromatic carbocycles. The van der Waals surface area contributed by atoms with E-state index >= 15 is 0 Å². The lowest BCUT2D eigenvalue weighted by Crippen LogP contribution is -2.54. The summed E-state index contributed by atoms with van der Waals surface area (Å²) < 4.78 is 6.04. The fourth-order valence-corrected chi connectivity index (χ4v) is 4.50. The van der Waals surface area contributed by atoms with Gasteiger partial charge in [0.15, 0.2) is 0 Å². The highest BCUT2D eigenvalue weighted by molar-refractivity contribution is 6.40. The summed E-state index contributed by atoms with van der Waals surface area (Å²) in [5.74, 6) is -1.32. The van der Waals surface area contributed by atoms with Crippen LogP contribution in [-0.2, 0) is 16.2 Å². The molecule has 0 spiro atoms. The highest BCUT2D eigenvalue weighted by Gasteiger charge is 2.38. The van der Waals surface area contributed by atoms with Crippen molar-refractivity contribution in [2.24, 2.45) is 0 Å². The summed E-state index contributed by atoms with van der Waals surface area (Å²) in [6, 6.07) is 20.9. The van der Waals surface area contributed by atoms with E-state index in [9.17, 15) is 24.5 Å². The van der Waals surface area contributed by atoms with Crippen molar-refractivity contribution in [3.8, 4) is 5.75 Å². The summed E-state index contributed by atoms with van der Waals surface area (Å²) >= 11 is 6.22. The smallest absolute Gasteiger partial charge is 0.335 e. The molecule has 1 saturated heterocycles. The third-order valence-corrected chi connectivity index (χ3v) is 6.73. The van der Waals surface area contributed by atoms with E-state index < -0.39 is 22.8 Å². The normalized spacial score (nSPS) is 14.6. The number of nitro benzene ring substituents is 1. The molecule has 0 unspecified atom stereocenters. The molecule has 0 aliphatic carbocycles. The topological polar surface area (TPSA) is 119 Å². The lowest BCUT2D eigenvalue weighted by molar-refractivity contribution is -0.384. The Bertz CT molecular complexity index is 1710. The molecule has 1 fully saturated rings. The minimum absolute atomic E-state index is 0.00264. The fraction of sp³-hybridized carbons (Fsp3) is 0.0690. The van der Waals surface area contributed by atoms with Crippen LogP contribution in [0, 0.1) is 17.0 Å². The zero-order valence-electron chi connectivity index (χ0n) is 20.5. The Morgan fingerprint density at radius 1 is 1.00 bits per heavy atom. The Morgan fingerprint density at radius 3 is 2.56 bits per heavy atom. The first-order valence-corrected chi connectivity index (χ1v) is 12.2. The van der Waals surface area contributed by atoms with Crippen LogP contribution in [0.25, 0.3) is 16.8 Å². The Balaban J connectivity index is 1.58. The van der Waals surface area contributed by atoms with Crippen molar-refractivity contribution in [3.05, 3.63) is 116 Å².